The van der Waals surface area contributed by atoms with E-state index in [1.807, 2.05) is 0 Å². The largest absolute Gasteiger partial charge is 0.485 e. The fourth-order valence-electron chi connectivity index (χ4n) is 1.26. The first-order valence-electron chi connectivity index (χ1n) is 4.50. The molecule has 1 aromatic rings. The second kappa shape index (κ2) is 4.35. The first kappa shape index (κ1) is 10.7. The smallest absolute Gasteiger partial charge is 0.145 e. The molecule has 0 amide bonds. The maximum atomic E-state index is 5.85. The summed E-state index contributed by atoms with van der Waals surface area (Å²) in [6.07, 6.45) is 0.0966. The van der Waals surface area contributed by atoms with Gasteiger partial charge in [0, 0.05) is 5.02 Å². The average Bonchev–Trinajstić information content (AvgIpc) is 2.12. The van der Waals surface area contributed by atoms with E-state index in [0.717, 1.165) is 0 Å². The summed E-state index contributed by atoms with van der Waals surface area (Å²) in [5.74, 6) is 0.667. The van der Waals surface area contributed by atoms with E-state index < -0.39 is 0 Å². The van der Waals surface area contributed by atoms with Crippen molar-refractivity contribution in [1.29, 1.82) is 0 Å². The standard InChI is InChI=1S/C10H10ClNO2S/c11-6-1-2-9(8(3-6)10(12)15)14-7-4-13-5-7/h1-3,7H,4-5H2,(H2,12,15). The Morgan fingerprint density at radius 1 is 1.53 bits per heavy atom. The number of hydrogen-bond donors (Lipinski definition) is 1. The Hall–Kier alpha value is -0.840. The molecule has 1 aliphatic rings. The SMILES string of the molecule is NC(=S)c1cc(Cl)ccc1OC1COC1. The quantitative estimate of drug-likeness (QED) is 0.822. The van der Waals surface area contributed by atoms with E-state index in [4.69, 9.17) is 39.0 Å². The number of thiocarbonyl (C=S) groups is 1. The maximum Gasteiger partial charge on any atom is 0.145 e. The predicted octanol–water partition coefficient (Wildman–Crippen LogP) is 1.75. The lowest BCUT2D eigenvalue weighted by Gasteiger charge is -2.27. The van der Waals surface area contributed by atoms with Crippen molar-refractivity contribution in [2.45, 2.75) is 6.10 Å². The van der Waals surface area contributed by atoms with Crippen LogP contribution < -0.4 is 10.5 Å². The van der Waals surface area contributed by atoms with E-state index >= 15 is 0 Å². The molecule has 1 aromatic carbocycles. The van der Waals surface area contributed by atoms with Gasteiger partial charge in [-0.05, 0) is 18.2 Å². The van der Waals surface area contributed by atoms with E-state index in [2.05, 4.69) is 0 Å². The summed E-state index contributed by atoms with van der Waals surface area (Å²) in [5, 5.41) is 0.593. The number of benzene rings is 1. The minimum absolute atomic E-state index is 0.0966. The molecular weight excluding hydrogens is 234 g/mol. The molecule has 0 atom stereocenters. The number of rotatable bonds is 3. The van der Waals surface area contributed by atoms with Gasteiger partial charge in [0.2, 0.25) is 0 Å². The fourth-order valence-corrected chi connectivity index (χ4v) is 1.59. The molecule has 0 spiro atoms. The lowest BCUT2D eigenvalue weighted by Crippen LogP contribution is -2.39. The first-order chi connectivity index (χ1) is 7.16. The van der Waals surface area contributed by atoms with Crippen LogP contribution in [-0.2, 0) is 4.74 Å². The minimum Gasteiger partial charge on any atom is -0.485 e. The number of ether oxygens (including phenoxy) is 2. The third-order valence-corrected chi connectivity index (χ3v) is 2.56. The molecule has 0 radical (unpaired) electrons. The molecule has 2 rings (SSSR count). The van der Waals surface area contributed by atoms with Crippen molar-refractivity contribution in [3.05, 3.63) is 28.8 Å². The van der Waals surface area contributed by atoms with Gasteiger partial charge in [0.1, 0.15) is 16.8 Å². The molecule has 0 bridgehead atoms. The highest BCUT2D eigenvalue weighted by Crippen LogP contribution is 2.25. The summed E-state index contributed by atoms with van der Waals surface area (Å²) < 4.78 is 10.7. The Morgan fingerprint density at radius 3 is 2.80 bits per heavy atom. The summed E-state index contributed by atoms with van der Waals surface area (Å²) in [5.41, 5.74) is 6.25. The van der Waals surface area contributed by atoms with E-state index in [1.54, 1.807) is 18.2 Å². The van der Waals surface area contributed by atoms with Gasteiger partial charge in [-0.3, -0.25) is 0 Å². The van der Waals surface area contributed by atoms with Crippen molar-refractivity contribution in [2.75, 3.05) is 13.2 Å². The van der Waals surface area contributed by atoms with Crippen LogP contribution in [0, 0.1) is 0 Å². The summed E-state index contributed by atoms with van der Waals surface area (Å²) in [6.45, 7) is 1.22. The van der Waals surface area contributed by atoms with Gasteiger partial charge in [-0.2, -0.15) is 0 Å². The van der Waals surface area contributed by atoms with Crippen molar-refractivity contribution in [1.82, 2.24) is 0 Å². The molecule has 1 heterocycles. The molecule has 80 valence electrons. The van der Waals surface area contributed by atoms with Crippen LogP contribution in [0.1, 0.15) is 5.56 Å². The Labute approximate surface area is 98.1 Å². The number of nitrogens with two attached hydrogens (primary N) is 1. The number of hydrogen-bond acceptors (Lipinski definition) is 3. The summed E-state index contributed by atoms with van der Waals surface area (Å²) >= 11 is 10.8. The number of halogens is 1. The molecule has 0 saturated carbocycles. The van der Waals surface area contributed by atoms with Crippen LogP contribution in [0.25, 0.3) is 0 Å². The molecule has 3 nitrogen and oxygen atoms in total. The molecular formula is C10H10ClNO2S. The zero-order valence-electron chi connectivity index (χ0n) is 7.90. The lowest BCUT2D eigenvalue weighted by molar-refractivity contribution is -0.0797. The average molecular weight is 244 g/mol. The molecule has 15 heavy (non-hydrogen) atoms. The van der Waals surface area contributed by atoms with Crippen molar-refractivity contribution >= 4 is 28.8 Å². The Bertz CT molecular complexity index is 393. The van der Waals surface area contributed by atoms with Crippen molar-refractivity contribution < 1.29 is 9.47 Å². The maximum absolute atomic E-state index is 5.85. The summed E-state index contributed by atoms with van der Waals surface area (Å²) in [4.78, 5) is 0.285. The Kier molecular flexibility index (Phi) is 3.09. The van der Waals surface area contributed by atoms with Crippen LogP contribution >= 0.6 is 23.8 Å². The van der Waals surface area contributed by atoms with Gasteiger partial charge >= 0.3 is 0 Å². The minimum atomic E-state index is 0.0966. The van der Waals surface area contributed by atoms with Crippen molar-refractivity contribution in [3.8, 4) is 5.75 Å². The van der Waals surface area contributed by atoms with Crippen LogP contribution in [0.15, 0.2) is 18.2 Å². The second-order valence-corrected chi connectivity index (χ2v) is 4.16. The lowest BCUT2D eigenvalue weighted by atomic mass is 10.2. The fraction of sp³-hybridized carbons (Fsp3) is 0.300. The zero-order chi connectivity index (χ0) is 10.8. The Balaban J connectivity index is 2.23. The van der Waals surface area contributed by atoms with Crippen LogP contribution in [0.5, 0.6) is 5.75 Å². The van der Waals surface area contributed by atoms with Crippen LogP contribution in [-0.4, -0.2) is 24.3 Å². The first-order valence-corrected chi connectivity index (χ1v) is 5.29. The topological polar surface area (TPSA) is 44.5 Å². The second-order valence-electron chi connectivity index (χ2n) is 3.28. The highest BCUT2D eigenvalue weighted by Gasteiger charge is 2.21. The predicted molar refractivity (Wildman–Crippen MR) is 62.6 cm³/mol. The third-order valence-electron chi connectivity index (χ3n) is 2.11. The zero-order valence-corrected chi connectivity index (χ0v) is 9.48. The highest BCUT2D eigenvalue weighted by atomic mass is 35.5. The normalized spacial score (nSPS) is 15.8. The molecule has 0 unspecified atom stereocenters. The molecule has 1 saturated heterocycles. The van der Waals surface area contributed by atoms with E-state index in [-0.39, 0.29) is 11.1 Å². The van der Waals surface area contributed by atoms with Gasteiger partial charge in [-0.25, -0.2) is 0 Å². The van der Waals surface area contributed by atoms with Gasteiger partial charge < -0.3 is 15.2 Å². The molecule has 0 aliphatic carbocycles. The molecule has 0 aromatic heterocycles. The van der Waals surface area contributed by atoms with Crippen molar-refractivity contribution in [2.24, 2.45) is 5.73 Å². The van der Waals surface area contributed by atoms with Gasteiger partial charge in [-0.15, -0.1) is 0 Å². The molecule has 5 heteroatoms. The summed E-state index contributed by atoms with van der Waals surface area (Å²) in [7, 11) is 0. The van der Waals surface area contributed by atoms with Gasteiger partial charge in [0.05, 0.1) is 18.8 Å². The van der Waals surface area contributed by atoms with Crippen LogP contribution in [0.2, 0.25) is 5.02 Å². The molecule has 1 fully saturated rings. The third kappa shape index (κ3) is 2.40. The van der Waals surface area contributed by atoms with Crippen molar-refractivity contribution in [3.63, 3.8) is 0 Å². The monoisotopic (exact) mass is 243 g/mol. The Morgan fingerprint density at radius 2 is 2.27 bits per heavy atom. The summed E-state index contributed by atoms with van der Waals surface area (Å²) in [6, 6.07) is 5.23. The van der Waals surface area contributed by atoms with E-state index in [9.17, 15) is 0 Å². The van der Waals surface area contributed by atoms with Crippen LogP contribution in [0.3, 0.4) is 0 Å². The molecule has 1 aliphatic heterocycles. The van der Waals surface area contributed by atoms with E-state index in [1.165, 1.54) is 0 Å². The molecule has 2 N–H and O–H groups in total. The highest BCUT2D eigenvalue weighted by molar-refractivity contribution is 7.80. The van der Waals surface area contributed by atoms with E-state index in [0.29, 0.717) is 29.5 Å². The van der Waals surface area contributed by atoms with Gasteiger partial charge in [0.15, 0.2) is 0 Å². The van der Waals surface area contributed by atoms with Gasteiger partial charge in [0.25, 0.3) is 0 Å². The van der Waals surface area contributed by atoms with Gasteiger partial charge in [-0.1, -0.05) is 23.8 Å². The van der Waals surface area contributed by atoms with Crippen LogP contribution in [0.4, 0.5) is 0 Å².